The minimum atomic E-state index is -0.0412. The molecule has 1 unspecified atom stereocenters. The molecular formula is C14H20O2. The zero-order valence-corrected chi connectivity index (χ0v) is 10.3. The number of ether oxygens (including phenoxy) is 2. The minimum absolute atomic E-state index is 0.0412. The van der Waals surface area contributed by atoms with E-state index in [1.165, 1.54) is 5.56 Å². The van der Waals surface area contributed by atoms with Crippen molar-refractivity contribution in [2.24, 2.45) is 0 Å². The van der Waals surface area contributed by atoms with Gasteiger partial charge in [0.2, 0.25) is 0 Å². The fraction of sp³-hybridized carbons (Fsp3) is 0.571. The molecule has 1 heterocycles. The van der Waals surface area contributed by atoms with Gasteiger partial charge in [0.05, 0.1) is 6.61 Å². The molecule has 1 atom stereocenters. The molecule has 1 aromatic rings. The molecule has 0 saturated carbocycles. The molecule has 0 bridgehead atoms. The first-order valence-corrected chi connectivity index (χ1v) is 5.94. The molecule has 1 aliphatic rings. The van der Waals surface area contributed by atoms with Crippen LogP contribution in [0.25, 0.3) is 0 Å². The van der Waals surface area contributed by atoms with Crippen molar-refractivity contribution in [3.05, 3.63) is 29.8 Å². The van der Waals surface area contributed by atoms with Crippen molar-refractivity contribution in [3.8, 4) is 5.75 Å². The molecule has 2 rings (SSSR count). The van der Waals surface area contributed by atoms with Crippen LogP contribution in [0.2, 0.25) is 0 Å². The molecular weight excluding hydrogens is 200 g/mol. The van der Waals surface area contributed by atoms with Crippen molar-refractivity contribution in [1.82, 2.24) is 0 Å². The Morgan fingerprint density at radius 3 is 2.38 bits per heavy atom. The second kappa shape index (κ2) is 4.46. The molecule has 88 valence electrons. The molecule has 0 aliphatic carbocycles. The smallest absolute Gasteiger partial charge is 0.199 e. The Balaban J connectivity index is 2.01. The summed E-state index contributed by atoms with van der Waals surface area (Å²) in [7, 11) is 0. The molecule has 2 nitrogen and oxygen atoms in total. The van der Waals surface area contributed by atoms with Crippen molar-refractivity contribution in [2.45, 2.75) is 45.3 Å². The first-order chi connectivity index (χ1) is 7.55. The predicted octanol–water partition coefficient (Wildman–Crippen LogP) is 3.50. The van der Waals surface area contributed by atoms with E-state index in [0.29, 0.717) is 0 Å². The van der Waals surface area contributed by atoms with E-state index in [0.717, 1.165) is 25.2 Å². The van der Waals surface area contributed by atoms with Gasteiger partial charge in [-0.3, -0.25) is 0 Å². The number of benzene rings is 1. The Morgan fingerprint density at radius 1 is 1.19 bits per heavy atom. The second-order valence-electron chi connectivity index (χ2n) is 5.33. The van der Waals surface area contributed by atoms with Gasteiger partial charge in [-0.2, -0.15) is 0 Å². The topological polar surface area (TPSA) is 18.5 Å². The molecule has 1 aromatic carbocycles. The molecule has 0 radical (unpaired) electrons. The molecule has 0 aromatic heterocycles. The summed E-state index contributed by atoms with van der Waals surface area (Å²) < 4.78 is 11.2. The van der Waals surface area contributed by atoms with Crippen LogP contribution in [0.4, 0.5) is 0 Å². The fourth-order valence-electron chi connectivity index (χ4n) is 1.83. The van der Waals surface area contributed by atoms with Crippen LogP contribution in [0.1, 0.15) is 39.2 Å². The predicted molar refractivity (Wildman–Crippen MR) is 64.7 cm³/mol. The summed E-state index contributed by atoms with van der Waals surface area (Å²) in [5, 5.41) is 0. The van der Waals surface area contributed by atoms with Gasteiger partial charge in [0, 0.05) is 6.42 Å². The van der Waals surface area contributed by atoms with Gasteiger partial charge in [0.25, 0.3) is 0 Å². The first-order valence-electron chi connectivity index (χ1n) is 5.94. The summed E-state index contributed by atoms with van der Waals surface area (Å²) in [6, 6.07) is 8.32. The van der Waals surface area contributed by atoms with E-state index in [2.05, 4.69) is 32.9 Å². The molecule has 0 N–H and O–H groups in total. The zero-order valence-electron chi connectivity index (χ0n) is 10.3. The Morgan fingerprint density at radius 2 is 1.88 bits per heavy atom. The van der Waals surface area contributed by atoms with Crippen molar-refractivity contribution in [2.75, 3.05) is 6.61 Å². The van der Waals surface area contributed by atoms with Gasteiger partial charge in [-0.05, 0) is 29.5 Å². The van der Waals surface area contributed by atoms with E-state index in [1.807, 2.05) is 12.1 Å². The quantitative estimate of drug-likeness (QED) is 0.759. The Labute approximate surface area is 97.6 Å². The maximum absolute atomic E-state index is 5.72. The average Bonchev–Trinajstić information content (AvgIpc) is 2.70. The second-order valence-corrected chi connectivity index (χ2v) is 5.33. The van der Waals surface area contributed by atoms with Gasteiger partial charge < -0.3 is 9.47 Å². The lowest BCUT2D eigenvalue weighted by Crippen LogP contribution is -2.14. The van der Waals surface area contributed by atoms with E-state index in [-0.39, 0.29) is 11.7 Å². The third-order valence-corrected chi connectivity index (χ3v) is 2.88. The van der Waals surface area contributed by atoms with Crippen LogP contribution >= 0.6 is 0 Å². The van der Waals surface area contributed by atoms with Crippen LogP contribution in [0.15, 0.2) is 24.3 Å². The van der Waals surface area contributed by atoms with Crippen LogP contribution in [0.3, 0.4) is 0 Å². The highest BCUT2D eigenvalue weighted by Crippen LogP contribution is 2.25. The third kappa shape index (κ3) is 2.76. The number of hydrogen-bond acceptors (Lipinski definition) is 2. The number of rotatable bonds is 2. The maximum atomic E-state index is 5.72. The van der Waals surface area contributed by atoms with E-state index in [9.17, 15) is 0 Å². The molecule has 1 fully saturated rings. The maximum Gasteiger partial charge on any atom is 0.199 e. The molecule has 16 heavy (non-hydrogen) atoms. The van der Waals surface area contributed by atoms with Gasteiger partial charge in [0.1, 0.15) is 5.75 Å². The monoisotopic (exact) mass is 220 g/mol. The van der Waals surface area contributed by atoms with Crippen molar-refractivity contribution >= 4 is 0 Å². The normalized spacial score (nSPS) is 21.1. The highest BCUT2D eigenvalue weighted by Gasteiger charge is 2.17. The molecule has 0 amide bonds. The van der Waals surface area contributed by atoms with Crippen molar-refractivity contribution in [3.63, 3.8) is 0 Å². The van der Waals surface area contributed by atoms with E-state index in [4.69, 9.17) is 9.47 Å². The van der Waals surface area contributed by atoms with Crippen LogP contribution < -0.4 is 4.74 Å². The van der Waals surface area contributed by atoms with E-state index in [1.54, 1.807) is 0 Å². The fourth-order valence-corrected chi connectivity index (χ4v) is 1.83. The van der Waals surface area contributed by atoms with Crippen LogP contribution in [-0.2, 0) is 10.2 Å². The van der Waals surface area contributed by atoms with E-state index >= 15 is 0 Å². The summed E-state index contributed by atoms with van der Waals surface area (Å²) in [6.45, 7) is 7.46. The lowest BCUT2D eigenvalue weighted by atomic mass is 9.87. The third-order valence-electron chi connectivity index (χ3n) is 2.88. The lowest BCUT2D eigenvalue weighted by Gasteiger charge is -2.19. The Bertz CT molecular complexity index is 329. The van der Waals surface area contributed by atoms with Gasteiger partial charge in [-0.25, -0.2) is 0 Å². The van der Waals surface area contributed by atoms with Gasteiger partial charge >= 0.3 is 0 Å². The molecule has 2 heteroatoms. The largest absolute Gasteiger partial charge is 0.465 e. The number of hydrogen-bond donors (Lipinski definition) is 0. The van der Waals surface area contributed by atoms with Gasteiger partial charge in [-0.15, -0.1) is 0 Å². The summed E-state index contributed by atoms with van der Waals surface area (Å²) in [5.74, 6) is 0.903. The van der Waals surface area contributed by atoms with Gasteiger partial charge in [0.15, 0.2) is 6.29 Å². The van der Waals surface area contributed by atoms with Crippen molar-refractivity contribution < 1.29 is 9.47 Å². The zero-order chi connectivity index (χ0) is 11.6. The van der Waals surface area contributed by atoms with Crippen molar-refractivity contribution in [1.29, 1.82) is 0 Å². The Kier molecular flexibility index (Phi) is 3.20. The summed E-state index contributed by atoms with van der Waals surface area (Å²) in [6.07, 6.45) is 2.06. The molecule has 1 aliphatic heterocycles. The lowest BCUT2D eigenvalue weighted by molar-refractivity contribution is -0.0390. The summed E-state index contributed by atoms with van der Waals surface area (Å²) in [5.41, 5.74) is 1.52. The summed E-state index contributed by atoms with van der Waals surface area (Å²) >= 11 is 0. The SMILES string of the molecule is CC(C)(C)c1ccc(OC2CCCO2)cc1. The highest BCUT2D eigenvalue weighted by molar-refractivity contribution is 5.31. The standard InChI is InChI=1S/C14H20O2/c1-14(2,3)11-6-8-12(9-7-11)16-13-5-4-10-15-13/h6-9,13H,4-5,10H2,1-3H3. The molecule has 1 saturated heterocycles. The van der Waals surface area contributed by atoms with E-state index < -0.39 is 0 Å². The highest BCUT2D eigenvalue weighted by atomic mass is 16.7. The Hall–Kier alpha value is -1.02. The average molecular weight is 220 g/mol. The van der Waals surface area contributed by atoms with Crippen LogP contribution in [0.5, 0.6) is 5.75 Å². The summed E-state index contributed by atoms with van der Waals surface area (Å²) in [4.78, 5) is 0. The van der Waals surface area contributed by atoms with Gasteiger partial charge in [-0.1, -0.05) is 32.9 Å². The minimum Gasteiger partial charge on any atom is -0.465 e. The van der Waals surface area contributed by atoms with Crippen LogP contribution in [0, 0.1) is 0 Å². The first kappa shape index (κ1) is 11.5. The molecule has 0 spiro atoms. The van der Waals surface area contributed by atoms with Crippen LogP contribution in [-0.4, -0.2) is 12.9 Å².